The molecule has 1 N–H and O–H groups in total. The van der Waals surface area contributed by atoms with E-state index >= 15 is 0 Å². The molecule has 0 unspecified atom stereocenters. The Morgan fingerprint density at radius 1 is 1.07 bits per heavy atom. The molecule has 0 amide bonds. The molecule has 1 nitrogen and oxygen atoms in total. The van der Waals surface area contributed by atoms with Crippen LogP contribution in [0.5, 0.6) is 0 Å². The molecule has 0 aliphatic heterocycles. The Morgan fingerprint density at radius 2 is 1.83 bits per heavy atom. The molecule has 3 aliphatic rings. The lowest BCUT2D eigenvalue weighted by Crippen LogP contribution is -2.34. The van der Waals surface area contributed by atoms with Crippen LogP contribution < -0.4 is 0 Å². The maximum atomic E-state index is 10.1. The van der Waals surface area contributed by atoms with E-state index in [1.807, 2.05) is 0 Å². The Morgan fingerprint density at radius 3 is 2.55 bits per heavy atom. The first-order chi connectivity index (χ1) is 13.7. The average molecular weight is 397 g/mol. The summed E-state index contributed by atoms with van der Waals surface area (Å²) in [5.74, 6) is 3.53. The predicted octanol–water partition coefficient (Wildman–Crippen LogP) is 7.64. The van der Waals surface area contributed by atoms with E-state index in [0.29, 0.717) is 23.2 Å². The Hall–Kier alpha value is -1.08. The average Bonchev–Trinajstić information content (AvgIpc) is 3.04. The van der Waals surface area contributed by atoms with Crippen LogP contribution in [0.3, 0.4) is 0 Å². The number of aliphatic hydroxyl groups is 1. The number of allylic oxidation sites excluding steroid dienone is 7. The number of aliphatic hydroxyl groups excluding tert-OH is 1. The summed E-state index contributed by atoms with van der Waals surface area (Å²) in [4.78, 5) is 0. The monoisotopic (exact) mass is 396 g/mol. The van der Waals surface area contributed by atoms with Crippen molar-refractivity contribution in [2.24, 2.45) is 35.0 Å². The molecule has 0 radical (unpaired) electrons. The van der Waals surface area contributed by atoms with E-state index < -0.39 is 0 Å². The van der Waals surface area contributed by atoms with Gasteiger partial charge in [0.2, 0.25) is 0 Å². The highest BCUT2D eigenvalue weighted by Gasteiger charge is 2.49. The molecule has 0 aromatic rings. The largest absolute Gasteiger partial charge is 0.393 e. The minimum atomic E-state index is -0.152. The molecule has 3 rings (SSSR count). The van der Waals surface area contributed by atoms with Crippen LogP contribution in [0.1, 0.15) is 86.5 Å². The first-order valence-electron chi connectivity index (χ1n) is 12.2. The zero-order chi connectivity index (χ0) is 21.2. The summed E-state index contributed by atoms with van der Waals surface area (Å²) in [5, 5.41) is 10.1. The van der Waals surface area contributed by atoms with Crippen molar-refractivity contribution in [3.63, 3.8) is 0 Å². The van der Waals surface area contributed by atoms with Crippen LogP contribution in [0.15, 0.2) is 47.1 Å². The number of hydrogen-bond acceptors (Lipinski definition) is 1. The van der Waals surface area contributed by atoms with Gasteiger partial charge in [-0.2, -0.15) is 0 Å². The second-order valence-corrected chi connectivity index (χ2v) is 10.9. The van der Waals surface area contributed by atoms with Crippen LogP contribution in [-0.2, 0) is 0 Å². The first kappa shape index (κ1) is 22.6. The summed E-state index contributed by atoms with van der Waals surface area (Å²) in [6.45, 7) is 14.2. The molecule has 0 spiro atoms. The third kappa shape index (κ3) is 4.98. The summed E-state index contributed by atoms with van der Waals surface area (Å²) in [6.07, 6.45) is 20.1. The quantitative estimate of drug-likeness (QED) is 0.457. The van der Waals surface area contributed by atoms with Crippen molar-refractivity contribution >= 4 is 0 Å². The SMILES string of the molecule is CC1=C(/C=C/C2=CCC[C@]3(C)[C@@H]([C@H](C)/C=C\[C@H](C)C(C)C)CC[C@@H]23)C[C@@H](O)CC1. The Kier molecular flexibility index (Phi) is 7.31. The van der Waals surface area contributed by atoms with Gasteiger partial charge in [-0.25, -0.2) is 0 Å². The van der Waals surface area contributed by atoms with Gasteiger partial charge in [-0.3, -0.25) is 0 Å². The van der Waals surface area contributed by atoms with Crippen molar-refractivity contribution in [3.05, 3.63) is 47.1 Å². The van der Waals surface area contributed by atoms with Crippen molar-refractivity contribution < 1.29 is 5.11 Å². The molecule has 29 heavy (non-hydrogen) atoms. The molecule has 0 saturated heterocycles. The van der Waals surface area contributed by atoms with Gasteiger partial charge in [-0.05, 0) is 98.0 Å². The van der Waals surface area contributed by atoms with E-state index in [0.717, 1.165) is 31.1 Å². The van der Waals surface area contributed by atoms with E-state index in [-0.39, 0.29) is 6.10 Å². The van der Waals surface area contributed by atoms with Crippen molar-refractivity contribution in [2.75, 3.05) is 0 Å². The van der Waals surface area contributed by atoms with Gasteiger partial charge in [0.15, 0.2) is 0 Å². The lowest BCUT2D eigenvalue weighted by Gasteiger charge is -2.42. The van der Waals surface area contributed by atoms with Crippen LogP contribution in [0.2, 0.25) is 0 Å². The van der Waals surface area contributed by atoms with Gasteiger partial charge in [0.1, 0.15) is 0 Å². The van der Waals surface area contributed by atoms with Gasteiger partial charge < -0.3 is 5.11 Å². The van der Waals surface area contributed by atoms with Crippen LogP contribution in [0, 0.1) is 35.0 Å². The highest BCUT2D eigenvalue weighted by molar-refractivity contribution is 5.36. The van der Waals surface area contributed by atoms with Crippen molar-refractivity contribution in [1.82, 2.24) is 0 Å². The normalized spacial score (nSPS) is 35.4. The van der Waals surface area contributed by atoms with E-state index in [1.165, 1.54) is 36.8 Å². The van der Waals surface area contributed by atoms with E-state index in [4.69, 9.17) is 0 Å². The van der Waals surface area contributed by atoms with Gasteiger partial charge in [0.05, 0.1) is 6.10 Å². The van der Waals surface area contributed by atoms with Crippen molar-refractivity contribution in [1.29, 1.82) is 0 Å². The smallest absolute Gasteiger partial charge is 0.0583 e. The summed E-state index contributed by atoms with van der Waals surface area (Å²) in [6, 6.07) is 0. The topological polar surface area (TPSA) is 20.2 Å². The second kappa shape index (κ2) is 9.38. The predicted molar refractivity (Wildman–Crippen MR) is 126 cm³/mol. The maximum Gasteiger partial charge on any atom is 0.0583 e. The molecule has 3 aliphatic carbocycles. The molecule has 6 atom stereocenters. The fourth-order valence-corrected chi connectivity index (χ4v) is 6.10. The first-order valence-corrected chi connectivity index (χ1v) is 12.2. The maximum absolute atomic E-state index is 10.1. The number of hydrogen-bond donors (Lipinski definition) is 1. The third-order valence-electron chi connectivity index (χ3n) is 8.61. The fraction of sp³-hybridized carbons (Fsp3) is 0.714. The zero-order valence-corrected chi connectivity index (χ0v) is 19.7. The number of fused-ring (bicyclic) bond motifs is 1. The molecule has 1 heteroatoms. The fourth-order valence-electron chi connectivity index (χ4n) is 6.10. The van der Waals surface area contributed by atoms with Gasteiger partial charge in [-0.1, -0.05) is 70.6 Å². The zero-order valence-electron chi connectivity index (χ0n) is 19.7. The van der Waals surface area contributed by atoms with Gasteiger partial charge in [0.25, 0.3) is 0 Å². The second-order valence-electron chi connectivity index (χ2n) is 10.9. The number of rotatable bonds is 6. The van der Waals surface area contributed by atoms with Crippen LogP contribution in [0.4, 0.5) is 0 Å². The molecule has 0 aromatic carbocycles. The summed E-state index contributed by atoms with van der Waals surface area (Å²) in [5.41, 5.74) is 4.82. The summed E-state index contributed by atoms with van der Waals surface area (Å²) < 4.78 is 0. The highest BCUT2D eigenvalue weighted by Crippen LogP contribution is 2.58. The molecule has 162 valence electrons. The molecule has 1 saturated carbocycles. The molecule has 0 bridgehead atoms. The lowest BCUT2D eigenvalue weighted by molar-refractivity contribution is 0.129. The highest BCUT2D eigenvalue weighted by atomic mass is 16.3. The molecule has 1 fully saturated rings. The van der Waals surface area contributed by atoms with Gasteiger partial charge in [0, 0.05) is 0 Å². The Balaban J connectivity index is 1.73. The minimum Gasteiger partial charge on any atom is -0.393 e. The Labute approximate surface area is 180 Å². The van der Waals surface area contributed by atoms with Crippen molar-refractivity contribution in [3.8, 4) is 0 Å². The van der Waals surface area contributed by atoms with Gasteiger partial charge in [-0.15, -0.1) is 0 Å². The third-order valence-corrected chi connectivity index (χ3v) is 8.61. The summed E-state index contributed by atoms with van der Waals surface area (Å²) >= 11 is 0. The van der Waals surface area contributed by atoms with Gasteiger partial charge >= 0.3 is 0 Å². The van der Waals surface area contributed by atoms with Crippen LogP contribution >= 0.6 is 0 Å². The standard InChI is InChI=1S/C28H44O/c1-19(2)20(3)9-10-22(5)26-15-16-27-23(8-7-17-28(26,27)6)12-13-24-18-25(29)14-11-21(24)4/h8-10,12-13,19-20,22,25-27,29H,7,11,14-18H2,1-6H3/b10-9-,13-12+/t20-,22+,25-,26+,27-,28+/m0/s1. The molecule has 0 heterocycles. The summed E-state index contributed by atoms with van der Waals surface area (Å²) in [7, 11) is 0. The van der Waals surface area contributed by atoms with Crippen molar-refractivity contribution in [2.45, 2.75) is 92.6 Å². The van der Waals surface area contributed by atoms with Crippen LogP contribution in [-0.4, -0.2) is 11.2 Å². The lowest BCUT2D eigenvalue weighted by atomic mass is 9.62. The molecule has 0 aromatic heterocycles. The van der Waals surface area contributed by atoms with E-state index in [1.54, 1.807) is 5.57 Å². The minimum absolute atomic E-state index is 0.152. The molecular weight excluding hydrogens is 352 g/mol. The van der Waals surface area contributed by atoms with E-state index in [9.17, 15) is 5.11 Å². The van der Waals surface area contributed by atoms with Crippen LogP contribution in [0.25, 0.3) is 0 Å². The van der Waals surface area contributed by atoms with E-state index in [2.05, 4.69) is 71.9 Å². The molecular formula is C28H44O. The Bertz CT molecular complexity index is 691.